The van der Waals surface area contributed by atoms with Crippen LogP contribution in [0.25, 0.3) is 0 Å². The minimum absolute atomic E-state index is 0.670. The smallest absolute Gasteiger partial charge is 0.0246 e. The van der Waals surface area contributed by atoms with Crippen LogP contribution in [0.4, 0.5) is 0 Å². The molecule has 0 aromatic rings. The topological polar surface area (TPSA) is 0 Å². The maximum atomic E-state index is 2.53. The van der Waals surface area contributed by atoms with Gasteiger partial charge in [-0.15, -0.1) is 0 Å². The quantitative estimate of drug-likeness (QED) is 0.557. The van der Waals surface area contributed by atoms with Crippen LogP contribution in [0.3, 0.4) is 0 Å². The van der Waals surface area contributed by atoms with Gasteiger partial charge in [-0.3, -0.25) is 0 Å². The van der Waals surface area contributed by atoms with Gasteiger partial charge in [0.25, 0.3) is 0 Å². The Hall–Kier alpha value is 0. The van der Waals surface area contributed by atoms with Crippen molar-refractivity contribution in [2.24, 2.45) is 29.1 Å². The second kappa shape index (κ2) is 2.49. The molecule has 70 valence electrons. The fourth-order valence-corrected chi connectivity index (χ4v) is 3.91. The molecule has 0 aromatic carbocycles. The first-order chi connectivity index (χ1) is 5.56. The van der Waals surface area contributed by atoms with Crippen LogP contribution < -0.4 is 0 Å². The van der Waals surface area contributed by atoms with Crippen molar-refractivity contribution in [1.29, 1.82) is 0 Å². The van der Waals surface area contributed by atoms with Crippen molar-refractivity contribution < 1.29 is 0 Å². The first-order valence-electron chi connectivity index (χ1n) is 5.56. The molecule has 2 aliphatic rings. The lowest BCUT2D eigenvalue weighted by Gasteiger charge is -2.43. The zero-order valence-corrected chi connectivity index (χ0v) is 8.93. The Labute approximate surface area is 76.7 Å². The summed E-state index contributed by atoms with van der Waals surface area (Å²) in [6, 6.07) is 0. The van der Waals surface area contributed by atoms with Gasteiger partial charge < -0.3 is 0 Å². The van der Waals surface area contributed by atoms with E-state index in [1.165, 1.54) is 19.3 Å². The van der Waals surface area contributed by atoms with Crippen molar-refractivity contribution in [3.8, 4) is 0 Å². The lowest BCUT2D eigenvalue weighted by atomic mass is 9.62. The molecule has 0 heterocycles. The van der Waals surface area contributed by atoms with Crippen molar-refractivity contribution in [3.63, 3.8) is 0 Å². The highest BCUT2D eigenvalue weighted by molar-refractivity contribution is 5.03. The molecule has 0 amide bonds. The van der Waals surface area contributed by atoms with Crippen LogP contribution in [0.15, 0.2) is 0 Å². The molecule has 0 heteroatoms. The fourth-order valence-electron chi connectivity index (χ4n) is 3.91. The molecule has 0 spiro atoms. The Balaban J connectivity index is 2.26. The zero-order valence-electron chi connectivity index (χ0n) is 8.93. The summed E-state index contributed by atoms with van der Waals surface area (Å²) in [6.45, 7) is 9.85. The normalized spacial score (nSPS) is 52.2. The third-order valence-electron chi connectivity index (χ3n) is 5.29. The molecule has 0 saturated heterocycles. The summed E-state index contributed by atoms with van der Waals surface area (Å²) in [5.41, 5.74) is 0.670. The first kappa shape index (κ1) is 8.59. The molecule has 0 aromatic heterocycles. The van der Waals surface area contributed by atoms with Crippen molar-refractivity contribution in [1.82, 2.24) is 0 Å². The largest absolute Gasteiger partial charge is 0.0622 e. The maximum absolute atomic E-state index is 2.53. The van der Waals surface area contributed by atoms with Gasteiger partial charge in [0.15, 0.2) is 0 Å². The summed E-state index contributed by atoms with van der Waals surface area (Å²) >= 11 is 0. The molecule has 12 heavy (non-hydrogen) atoms. The second-order valence-corrected chi connectivity index (χ2v) is 5.58. The Bertz CT molecular complexity index is 178. The highest BCUT2D eigenvalue weighted by Gasteiger charge is 2.54. The molecule has 0 radical (unpaired) electrons. The predicted molar refractivity (Wildman–Crippen MR) is 52.9 cm³/mol. The van der Waals surface area contributed by atoms with Crippen LogP contribution in [0.2, 0.25) is 0 Å². The second-order valence-electron chi connectivity index (χ2n) is 5.58. The lowest BCUT2D eigenvalue weighted by molar-refractivity contribution is 0.0571. The van der Waals surface area contributed by atoms with E-state index in [2.05, 4.69) is 27.7 Å². The van der Waals surface area contributed by atoms with E-state index in [-0.39, 0.29) is 0 Å². The highest BCUT2D eigenvalue weighted by Crippen LogP contribution is 2.62. The van der Waals surface area contributed by atoms with Gasteiger partial charge in [-0.2, -0.15) is 0 Å². The molecular formula is C12H22. The Morgan fingerprint density at radius 3 is 2.25 bits per heavy atom. The molecule has 0 N–H and O–H groups in total. The monoisotopic (exact) mass is 166 g/mol. The van der Waals surface area contributed by atoms with Crippen LogP contribution in [-0.4, -0.2) is 0 Å². The molecule has 4 unspecified atom stereocenters. The van der Waals surface area contributed by atoms with Gasteiger partial charge in [0.05, 0.1) is 0 Å². The fraction of sp³-hybridized carbons (Fsp3) is 1.00. The van der Waals surface area contributed by atoms with Crippen LogP contribution in [0.1, 0.15) is 47.0 Å². The first-order valence-corrected chi connectivity index (χ1v) is 5.56. The summed E-state index contributed by atoms with van der Waals surface area (Å²) < 4.78 is 0. The van der Waals surface area contributed by atoms with E-state index >= 15 is 0 Å². The number of fused-ring (bicyclic) bond motifs is 2. The molecular weight excluding hydrogens is 144 g/mol. The third-order valence-corrected chi connectivity index (χ3v) is 5.29. The van der Waals surface area contributed by atoms with Gasteiger partial charge in [-0.25, -0.2) is 0 Å². The summed E-state index contributed by atoms with van der Waals surface area (Å²) in [5, 5.41) is 0. The molecule has 2 bridgehead atoms. The van der Waals surface area contributed by atoms with E-state index in [0.29, 0.717) is 5.41 Å². The maximum Gasteiger partial charge on any atom is -0.0246 e. The van der Waals surface area contributed by atoms with E-state index in [0.717, 1.165) is 23.7 Å². The van der Waals surface area contributed by atoms with E-state index < -0.39 is 0 Å². The van der Waals surface area contributed by atoms with E-state index in [1.54, 1.807) is 0 Å². The molecule has 2 aliphatic carbocycles. The minimum Gasteiger partial charge on any atom is -0.0622 e. The summed E-state index contributed by atoms with van der Waals surface area (Å²) in [7, 11) is 0. The number of rotatable bonds is 1. The molecule has 2 fully saturated rings. The van der Waals surface area contributed by atoms with Crippen molar-refractivity contribution in [2.75, 3.05) is 0 Å². The van der Waals surface area contributed by atoms with Crippen molar-refractivity contribution >= 4 is 0 Å². The van der Waals surface area contributed by atoms with Crippen LogP contribution in [0.5, 0.6) is 0 Å². The summed E-state index contributed by atoms with van der Waals surface area (Å²) in [6.07, 6.45) is 4.58. The highest BCUT2D eigenvalue weighted by atomic mass is 14.6. The van der Waals surface area contributed by atoms with E-state index in [9.17, 15) is 0 Å². The van der Waals surface area contributed by atoms with Gasteiger partial charge in [-0.05, 0) is 48.3 Å². The SMILES string of the molecule is CC(C)C1(C)C2CCC(C2)C1C. The molecule has 0 aliphatic heterocycles. The number of hydrogen-bond donors (Lipinski definition) is 0. The van der Waals surface area contributed by atoms with Crippen LogP contribution in [0, 0.1) is 29.1 Å². The standard InChI is InChI=1S/C12H22/c1-8(2)12(4)9(3)10-5-6-11(12)7-10/h8-11H,5-7H2,1-4H3. The minimum atomic E-state index is 0.670. The van der Waals surface area contributed by atoms with Gasteiger partial charge in [0.1, 0.15) is 0 Å². The van der Waals surface area contributed by atoms with E-state index in [4.69, 9.17) is 0 Å². The Kier molecular flexibility index (Phi) is 1.79. The molecule has 0 nitrogen and oxygen atoms in total. The van der Waals surface area contributed by atoms with Crippen molar-refractivity contribution in [2.45, 2.75) is 47.0 Å². The van der Waals surface area contributed by atoms with Gasteiger partial charge in [0, 0.05) is 0 Å². The zero-order chi connectivity index (χ0) is 8.93. The van der Waals surface area contributed by atoms with Crippen LogP contribution >= 0.6 is 0 Å². The van der Waals surface area contributed by atoms with Crippen molar-refractivity contribution in [3.05, 3.63) is 0 Å². The molecule has 4 atom stereocenters. The predicted octanol–water partition coefficient (Wildman–Crippen LogP) is 3.71. The number of hydrogen-bond acceptors (Lipinski definition) is 0. The van der Waals surface area contributed by atoms with Crippen LogP contribution in [-0.2, 0) is 0 Å². The lowest BCUT2D eigenvalue weighted by Crippen LogP contribution is -2.36. The van der Waals surface area contributed by atoms with E-state index in [1.807, 2.05) is 0 Å². The van der Waals surface area contributed by atoms with Gasteiger partial charge in [0.2, 0.25) is 0 Å². The molecule has 2 saturated carbocycles. The average Bonchev–Trinajstić information content (AvgIpc) is 2.55. The van der Waals surface area contributed by atoms with Gasteiger partial charge >= 0.3 is 0 Å². The third kappa shape index (κ3) is 0.843. The average molecular weight is 166 g/mol. The summed E-state index contributed by atoms with van der Waals surface area (Å²) in [4.78, 5) is 0. The van der Waals surface area contributed by atoms with Gasteiger partial charge in [-0.1, -0.05) is 27.7 Å². The summed E-state index contributed by atoms with van der Waals surface area (Å²) in [5.74, 6) is 3.99. The Morgan fingerprint density at radius 1 is 1.25 bits per heavy atom. The molecule has 2 rings (SSSR count). The Morgan fingerprint density at radius 2 is 1.92 bits per heavy atom.